The van der Waals surface area contributed by atoms with Crippen molar-refractivity contribution in [1.82, 2.24) is 5.32 Å². The van der Waals surface area contributed by atoms with Gasteiger partial charge in [-0.05, 0) is 12.0 Å². The van der Waals surface area contributed by atoms with Crippen molar-refractivity contribution in [3.63, 3.8) is 0 Å². The topological polar surface area (TPSA) is 66.4 Å². The molecule has 0 saturated heterocycles. The third-order valence-electron chi connectivity index (χ3n) is 2.67. The van der Waals surface area contributed by atoms with Gasteiger partial charge in [0.1, 0.15) is 0 Å². The first-order valence-electron chi connectivity index (χ1n) is 6.30. The summed E-state index contributed by atoms with van der Waals surface area (Å²) in [5, 5.41) is 11.3. The summed E-state index contributed by atoms with van der Waals surface area (Å²) in [6.45, 7) is 1.74. The molecule has 0 aliphatic carbocycles. The number of allylic oxidation sites excluding steroid dienone is 1. The van der Waals surface area contributed by atoms with E-state index >= 15 is 0 Å². The molecule has 0 saturated carbocycles. The Labute approximate surface area is 113 Å². The fraction of sp³-hybridized carbons (Fsp3) is 0.333. The number of carbonyl (C=O) groups excluding carboxylic acids is 1. The number of nitrogens with one attached hydrogen (secondary N) is 1. The van der Waals surface area contributed by atoms with Crippen molar-refractivity contribution in [1.29, 1.82) is 0 Å². The highest BCUT2D eigenvalue weighted by molar-refractivity contribution is 5.77. The van der Waals surface area contributed by atoms with Crippen LogP contribution in [0.4, 0.5) is 0 Å². The minimum absolute atomic E-state index is 0.120. The van der Waals surface area contributed by atoms with Gasteiger partial charge in [0.25, 0.3) is 0 Å². The van der Waals surface area contributed by atoms with E-state index < -0.39 is 11.9 Å². The molecule has 0 bridgehead atoms. The van der Waals surface area contributed by atoms with E-state index in [0.29, 0.717) is 12.8 Å². The summed E-state index contributed by atoms with van der Waals surface area (Å²) in [6.07, 6.45) is 4.92. The van der Waals surface area contributed by atoms with Gasteiger partial charge in [-0.2, -0.15) is 0 Å². The molecule has 0 aromatic heterocycles. The highest BCUT2D eigenvalue weighted by atomic mass is 16.4. The van der Waals surface area contributed by atoms with E-state index in [2.05, 4.69) is 5.32 Å². The predicted molar refractivity (Wildman–Crippen MR) is 74.5 cm³/mol. The van der Waals surface area contributed by atoms with E-state index in [9.17, 15) is 9.59 Å². The molecular weight excluding hydrogens is 242 g/mol. The first-order chi connectivity index (χ1) is 9.09. The number of rotatable bonds is 7. The molecule has 19 heavy (non-hydrogen) atoms. The van der Waals surface area contributed by atoms with Crippen molar-refractivity contribution >= 4 is 18.0 Å². The van der Waals surface area contributed by atoms with Crippen LogP contribution in [-0.2, 0) is 9.59 Å². The van der Waals surface area contributed by atoms with Crippen LogP contribution in [0.15, 0.2) is 36.4 Å². The zero-order valence-corrected chi connectivity index (χ0v) is 11.0. The van der Waals surface area contributed by atoms with Gasteiger partial charge in [-0.3, -0.25) is 9.59 Å². The number of hydrogen-bond donors (Lipinski definition) is 2. The monoisotopic (exact) mass is 261 g/mol. The van der Waals surface area contributed by atoms with Crippen molar-refractivity contribution in [2.24, 2.45) is 5.92 Å². The van der Waals surface area contributed by atoms with Gasteiger partial charge < -0.3 is 10.4 Å². The van der Waals surface area contributed by atoms with Crippen molar-refractivity contribution in [3.05, 3.63) is 42.0 Å². The fourth-order valence-corrected chi connectivity index (χ4v) is 1.44. The van der Waals surface area contributed by atoms with Gasteiger partial charge in [-0.25, -0.2) is 0 Å². The molecule has 2 N–H and O–H groups in total. The fourth-order valence-electron chi connectivity index (χ4n) is 1.44. The summed E-state index contributed by atoms with van der Waals surface area (Å²) in [4.78, 5) is 22.0. The largest absolute Gasteiger partial charge is 0.481 e. The Bertz CT molecular complexity index is 440. The zero-order valence-electron chi connectivity index (χ0n) is 11.0. The average molecular weight is 261 g/mol. The Balaban J connectivity index is 2.20. The summed E-state index contributed by atoms with van der Waals surface area (Å²) in [7, 11) is 0. The van der Waals surface area contributed by atoms with Gasteiger partial charge >= 0.3 is 5.97 Å². The van der Waals surface area contributed by atoms with E-state index in [1.165, 1.54) is 0 Å². The van der Waals surface area contributed by atoms with Crippen molar-refractivity contribution < 1.29 is 14.7 Å². The number of benzene rings is 1. The molecule has 0 spiro atoms. The minimum Gasteiger partial charge on any atom is -0.481 e. The van der Waals surface area contributed by atoms with Gasteiger partial charge in [0, 0.05) is 13.0 Å². The number of amides is 1. The first kappa shape index (κ1) is 15.0. The van der Waals surface area contributed by atoms with Crippen LogP contribution in [0.3, 0.4) is 0 Å². The van der Waals surface area contributed by atoms with Crippen LogP contribution in [-0.4, -0.2) is 23.5 Å². The van der Waals surface area contributed by atoms with Crippen LogP contribution in [0.25, 0.3) is 6.08 Å². The number of carbonyl (C=O) groups is 2. The molecule has 4 heteroatoms. The number of aliphatic carboxylic acids is 1. The van der Waals surface area contributed by atoms with Gasteiger partial charge in [0.15, 0.2) is 0 Å². The van der Waals surface area contributed by atoms with Gasteiger partial charge in [0.2, 0.25) is 5.91 Å². The summed E-state index contributed by atoms with van der Waals surface area (Å²) in [5.41, 5.74) is 1.10. The van der Waals surface area contributed by atoms with E-state index in [1.807, 2.05) is 42.5 Å². The van der Waals surface area contributed by atoms with Crippen LogP contribution in [0.2, 0.25) is 0 Å². The van der Waals surface area contributed by atoms with Crippen LogP contribution in [0, 0.1) is 5.92 Å². The smallest absolute Gasteiger partial charge is 0.308 e. The molecule has 1 amide bonds. The molecule has 1 aromatic carbocycles. The molecule has 1 unspecified atom stereocenters. The third-order valence-corrected chi connectivity index (χ3v) is 2.67. The van der Waals surface area contributed by atoms with E-state index in [0.717, 1.165) is 5.56 Å². The lowest BCUT2D eigenvalue weighted by Gasteiger charge is -2.07. The maximum Gasteiger partial charge on any atom is 0.308 e. The summed E-state index contributed by atoms with van der Waals surface area (Å²) >= 11 is 0. The maximum atomic E-state index is 11.4. The van der Waals surface area contributed by atoms with Crippen LogP contribution in [0.5, 0.6) is 0 Å². The molecule has 1 rings (SSSR count). The average Bonchev–Trinajstić information content (AvgIpc) is 2.42. The van der Waals surface area contributed by atoms with Gasteiger partial charge in [0.05, 0.1) is 5.92 Å². The Morgan fingerprint density at radius 1 is 1.32 bits per heavy atom. The first-order valence-corrected chi connectivity index (χ1v) is 6.30. The lowest BCUT2D eigenvalue weighted by atomic mass is 10.1. The molecule has 0 fully saturated rings. The second kappa shape index (κ2) is 8.08. The number of carboxylic acids is 1. The lowest BCUT2D eigenvalue weighted by molar-refractivity contribution is -0.141. The Hall–Kier alpha value is -2.10. The third kappa shape index (κ3) is 6.41. The SMILES string of the molecule is CC(CNC(=O)CC/C=C/c1ccccc1)C(=O)O. The van der Waals surface area contributed by atoms with Gasteiger partial charge in [-0.15, -0.1) is 0 Å². The van der Waals surface area contributed by atoms with Crippen LogP contribution >= 0.6 is 0 Å². The summed E-state index contributed by atoms with van der Waals surface area (Å²) in [6, 6.07) is 9.85. The predicted octanol–water partition coefficient (Wildman–Crippen LogP) is 2.32. The maximum absolute atomic E-state index is 11.4. The van der Waals surface area contributed by atoms with Gasteiger partial charge in [-0.1, -0.05) is 49.4 Å². The zero-order chi connectivity index (χ0) is 14.1. The highest BCUT2D eigenvalue weighted by Crippen LogP contribution is 2.03. The minimum atomic E-state index is -0.899. The van der Waals surface area contributed by atoms with E-state index in [4.69, 9.17) is 5.11 Å². The van der Waals surface area contributed by atoms with Crippen molar-refractivity contribution in [2.45, 2.75) is 19.8 Å². The van der Waals surface area contributed by atoms with Crippen LogP contribution < -0.4 is 5.32 Å². The molecular formula is C15H19NO3. The van der Waals surface area contributed by atoms with Crippen molar-refractivity contribution in [2.75, 3.05) is 6.54 Å². The Morgan fingerprint density at radius 2 is 2.00 bits per heavy atom. The normalized spacial score (nSPS) is 12.3. The Kier molecular flexibility index (Phi) is 6.36. The lowest BCUT2D eigenvalue weighted by Crippen LogP contribution is -2.31. The molecule has 0 aliphatic heterocycles. The quantitative estimate of drug-likeness (QED) is 0.791. The van der Waals surface area contributed by atoms with E-state index in [-0.39, 0.29) is 12.5 Å². The second-order valence-electron chi connectivity index (χ2n) is 4.40. The second-order valence-corrected chi connectivity index (χ2v) is 4.40. The summed E-state index contributed by atoms with van der Waals surface area (Å²) < 4.78 is 0. The van der Waals surface area contributed by atoms with E-state index in [1.54, 1.807) is 6.92 Å². The molecule has 4 nitrogen and oxygen atoms in total. The molecule has 1 atom stereocenters. The van der Waals surface area contributed by atoms with Crippen LogP contribution in [0.1, 0.15) is 25.3 Å². The number of hydrogen-bond acceptors (Lipinski definition) is 2. The molecule has 0 heterocycles. The number of carboxylic acid groups (broad SMARTS) is 1. The van der Waals surface area contributed by atoms with Crippen molar-refractivity contribution in [3.8, 4) is 0 Å². The highest BCUT2D eigenvalue weighted by Gasteiger charge is 2.11. The standard InChI is InChI=1S/C15H19NO3/c1-12(15(18)19)11-16-14(17)10-6-5-9-13-7-3-2-4-8-13/h2-5,7-9,12H,6,10-11H2,1H3,(H,16,17)(H,18,19)/b9-5+. The molecule has 102 valence electrons. The summed E-state index contributed by atoms with van der Waals surface area (Å²) in [5.74, 6) is -1.57. The Morgan fingerprint density at radius 3 is 2.63 bits per heavy atom. The molecule has 0 radical (unpaired) electrons. The molecule has 1 aromatic rings. The molecule has 0 aliphatic rings.